The zero-order valence-electron chi connectivity index (χ0n) is 20.4. The molecule has 172 valence electrons. The molecule has 3 rings (SSSR count). The Balaban J connectivity index is 1.81. The third-order valence-corrected chi connectivity index (χ3v) is 12.5. The van der Waals surface area contributed by atoms with Crippen molar-refractivity contribution in [1.82, 2.24) is 0 Å². The lowest BCUT2D eigenvalue weighted by molar-refractivity contribution is 0.294. The fourth-order valence-corrected chi connectivity index (χ4v) is 5.90. The molecular weight excluding hydrogens is 439 g/mol. The molecular formula is C29H35O2PSi. The van der Waals surface area contributed by atoms with Crippen LogP contribution in [0, 0.1) is 11.8 Å². The van der Waals surface area contributed by atoms with Gasteiger partial charge in [-0.25, -0.2) is 0 Å². The van der Waals surface area contributed by atoms with Crippen LogP contribution in [0.1, 0.15) is 38.9 Å². The van der Waals surface area contributed by atoms with Crippen molar-refractivity contribution in [3.63, 3.8) is 0 Å². The van der Waals surface area contributed by atoms with E-state index in [1.165, 1.54) is 10.6 Å². The van der Waals surface area contributed by atoms with Gasteiger partial charge in [0.1, 0.15) is 6.10 Å². The predicted molar refractivity (Wildman–Crippen MR) is 145 cm³/mol. The lowest BCUT2D eigenvalue weighted by atomic mass is 10.1. The maximum atomic E-state index is 6.77. The summed E-state index contributed by atoms with van der Waals surface area (Å²) in [5.41, 5.74) is 1.08. The van der Waals surface area contributed by atoms with Crippen LogP contribution in [-0.4, -0.2) is 14.9 Å². The van der Waals surface area contributed by atoms with E-state index < -0.39 is 16.5 Å². The Labute approximate surface area is 202 Å². The van der Waals surface area contributed by atoms with Crippen molar-refractivity contribution in [2.45, 2.75) is 51.4 Å². The molecule has 4 heteroatoms. The molecule has 2 nitrogen and oxygen atoms in total. The van der Waals surface area contributed by atoms with Crippen molar-refractivity contribution in [1.29, 1.82) is 0 Å². The molecule has 0 radical (unpaired) electrons. The molecule has 0 N–H and O–H groups in total. The third-order valence-electron chi connectivity index (χ3n) is 6.02. The lowest BCUT2D eigenvalue weighted by Gasteiger charge is -2.35. The number of hydrogen-bond donors (Lipinski definition) is 0. The van der Waals surface area contributed by atoms with Crippen molar-refractivity contribution in [2.24, 2.45) is 0 Å². The van der Waals surface area contributed by atoms with Crippen molar-refractivity contribution in [3.05, 3.63) is 96.6 Å². The minimum Gasteiger partial charge on any atom is -0.416 e. The molecule has 1 unspecified atom stereocenters. The molecule has 0 aliphatic heterocycles. The molecule has 0 aliphatic carbocycles. The van der Waals surface area contributed by atoms with E-state index in [0.29, 0.717) is 13.0 Å². The summed E-state index contributed by atoms with van der Waals surface area (Å²) < 4.78 is 13.1. The molecule has 0 bridgehead atoms. The first-order valence-electron chi connectivity index (χ1n) is 11.5. The van der Waals surface area contributed by atoms with Crippen LogP contribution in [0.5, 0.6) is 0 Å². The van der Waals surface area contributed by atoms with Crippen LogP contribution in [0.2, 0.25) is 18.1 Å². The molecule has 0 saturated carbocycles. The Morgan fingerprint density at radius 1 is 0.788 bits per heavy atom. The summed E-state index contributed by atoms with van der Waals surface area (Å²) in [6.07, 6.45) is 0.402. The van der Waals surface area contributed by atoms with Crippen LogP contribution in [-0.2, 0) is 8.95 Å². The van der Waals surface area contributed by atoms with E-state index in [2.05, 4.69) is 106 Å². The Morgan fingerprint density at radius 2 is 1.27 bits per heavy atom. The second-order valence-corrected chi connectivity index (χ2v) is 16.2. The van der Waals surface area contributed by atoms with Crippen LogP contribution in [0.15, 0.2) is 91.0 Å². The first-order chi connectivity index (χ1) is 15.8. The molecule has 0 aromatic heterocycles. The van der Waals surface area contributed by atoms with E-state index in [4.69, 9.17) is 8.95 Å². The third kappa shape index (κ3) is 7.39. The average Bonchev–Trinajstić information content (AvgIpc) is 2.82. The van der Waals surface area contributed by atoms with Gasteiger partial charge >= 0.3 is 0 Å². The number of rotatable bonds is 8. The van der Waals surface area contributed by atoms with E-state index in [1.54, 1.807) is 0 Å². The van der Waals surface area contributed by atoms with Gasteiger partial charge in [-0.05, 0) is 23.7 Å². The highest BCUT2D eigenvalue weighted by molar-refractivity contribution is 7.68. The molecule has 3 aromatic carbocycles. The van der Waals surface area contributed by atoms with Crippen molar-refractivity contribution < 1.29 is 8.95 Å². The summed E-state index contributed by atoms with van der Waals surface area (Å²) in [5.74, 6) is 6.76. The lowest BCUT2D eigenvalue weighted by Crippen LogP contribution is -2.40. The van der Waals surface area contributed by atoms with Crippen LogP contribution >= 0.6 is 8.15 Å². The minimum absolute atomic E-state index is 0.206. The van der Waals surface area contributed by atoms with Gasteiger partial charge in [0.25, 0.3) is 0 Å². The molecule has 1 atom stereocenters. The first kappa shape index (κ1) is 25.4. The average molecular weight is 475 g/mol. The fraction of sp³-hybridized carbons (Fsp3) is 0.310. The molecule has 0 heterocycles. The standard InChI is InChI=1S/C29H35O2PSi/c1-29(2,3)33(4,5)30-24-16-15-23-28(25-17-9-6-10-18-25)31-32(26-19-11-7-12-20-26)27-21-13-8-14-22-27/h6-14,17-22,28H,16,24H2,1-5H3. The largest absolute Gasteiger partial charge is 0.416 e. The van der Waals surface area contributed by atoms with Gasteiger partial charge < -0.3 is 8.95 Å². The second kappa shape index (κ2) is 11.8. The molecule has 0 saturated heterocycles. The maximum absolute atomic E-state index is 6.77. The highest BCUT2D eigenvalue weighted by Gasteiger charge is 2.36. The Kier molecular flexibility index (Phi) is 9.07. The van der Waals surface area contributed by atoms with Gasteiger partial charge in [-0.1, -0.05) is 124 Å². The van der Waals surface area contributed by atoms with Crippen LogP contribution in [0.25, 0.3) is 0 Å². The summed E-state index contributed by atoms with van der Waals surface area (Å²) in [6, 6.07) is 31.2. The van der Waals surface area contributed by atoms with E-state index in [1.807, 2.05) is 30.3 Å². The van der Waals surface area contributed by atoms with Gasteiger partial charge in [0.2, 0.25) is 0 Å². The maximum Gasteiger partial charge on any atom is 0.192 e. The molecule has 3 aromatic rings. The molecule has 33 heavy (non-hydrogen) atoms. The summed E-state index contributed by atoms with van der Waals surface area (Å²) in [5, 5.41) is 2.57. The predicted octanol–water partition coefficient (Wildman–Crippen LogP) is 7.21. The van der Waals surface area contributed by atoms with Crippen molar-refractivity contribution in [2.75, 3.05) is 6.61 Å². The van der Waals surface area contributed by atoms with E-state index >= 15 is 0 Å². The summed E-state index contributed by atoms with van der Waals surface area (Å²) in [7, 11) is -2.76. The Hall–Kier alpha value is -2.21. The summed E-state index contributed by atoms with van der Waals surface area (Å²) in [4.78, 5) is 0. The van der Waals surface area contributed by atoms with Gasteiger partial charge in [0, 0.05) is 23.6 Å². The normalized spacial score (nSPS) is 12.8. The molecule has 0 spiro atoms. The fourth-order valence-electron chi connectivity index (χ4n) is 3.04. The molecule has 0 aliphatic rings. The Morgan fingerprint density at radius 3 is 1.76 bits per heavy atom. The van der Waals surface area contributed by atoms with Gasteiger partial charge in [-0.3, -0.25) is 0 Å². The van der Waals surface area contributed by atoms with E-state index in [0.717, 1.165) is 5.56 Å². The molecule has 0 fully saturated rings. The van der Waals surface area contributed by atoms with E-state index in [-0.39, 0.29) is 11.1 Å². The summed E-state index contributed by atoms with van der Waals surface area (Å²) >= 11 is 0. The van der Waals surface area contributed by atoms with Gasteiger partial charge in [0.15, 0.2) is 8.32 Å². The zero-order chi connectivity index (χ0) is 23.7. The first-order valence-corrected chi connectivity index (χ1v) is 15.7. The topological polar surface area (TPSA) is 18.5 Å². The monoisotopic (exact) mass is 474 g/mol. The summed E-state index contributed by atoms with van der Waals surface area (Å²) in [6.45, 7) is 12.0. The highest BCUT2D eigenvalue weighted by Crippen LogP contribution is 2.41. The second-order valence-electron chi connectivity index (χ2n) is 9.54. The molecule has 0 amide bonds. The Bertz CT molecular complexity index is 995. The van der Waals surface area contributed by atoms with Crippen LogP contribution < -0.4 is 10.6 Å². The highest BCUT2D eigenvalue weighted by atomic mass is 31.1. The number of hydrogen-bond acceptors (Lipinski definition) is 2. The van der Waals surface area contributed by atoms with E-state index in [9.17, 15) is 0 Å². The van der Waals surface area contributed by atoms with Gasteiger partial charge in [0.05, 0.1) is 8.15 Å². The SMILES string of the molecule is CC(C)(C)[Si](C)(C)OCCC#CC(OP(c1ccccc1)c1ccccc1)c1ccccc1. The number of benzene rings is 3. The quantitative estimate of drug-likeness (QED) is 0.149. The van der Waals surface area contributed by atoms with Gasteiger partial charge in [-0.2, -0.15) is 0 Å². The minimum atomic E-state index is -1.76. The van der Waals surface area contributed by atoms with Gasteiger partial charge in [-0.15, -0.1) is 0 Å². The van der Waals surface area contributed by atoms with Crippen LogP contribution in [0.4, 0.5) is 0 Å². The zero-order valence-corrected chi connectivity index (χ0v) is 22.3. The van der Waals surface area contributed by atoms with Crippen molar-refractivity contribution in [3.8, 4) is 11.8 Å². The smallest absolute Gasteiger partial charge is 0.192 e. The van der Waals surface area contributed by atoms with Crippen molar-refractivity contribution >= 4 is 27.1 Å². The van der Waals surface area contributed by atoms with Crippen LogP contribution in [0.3, 0.4) is 0 Å².